The van der Waals surface area contributed by atoms with Crippen molar-refractivity contribution in [1.29, 1.82) is 0 Å². The first-order chi connectivity index (χ1) is 10.2. The van der Waals surface area contributed by atoms with Crippen LogP contribution in [0.25, 0.3) is 0 Å². The molecular weight excluding hydrogens is 290 g/mol. The molecule has 21 heavy (non-hydrogen) atoms. The summed E-state index contributed by atoms with van der Waals surface area (Å²) >= 11 is 1.54. The molecule has 0 amide bonds. The number of nitrogens with zero attached hydrogens (tertiary/aromatic N) is 1. The van der Waals surface area contributed by atoms with Crippen molar-refractivity contribution in [2.45, 2.75) is 17.4 Å². The van der Waals surface area contributed by atoms with E-state index in [0.29, 0.717) is 12.4 Å². The third-order valence-electron chi connectivity index (χ3n) is 3.05. The van der Waals surface area contributed by atoms with Gasteiger partial charge in [0.15, 0.2) is 6.79 Å². The molecule has 2 heterocycles. The minimum Gasteiger partial charge on any atom is -0.478 e. The van der Waals surface area contributed by atoms with Gasteiger partial charge in [0.05, 0.1) is 17.2 Å². The topological polar surface area (TPSA) is 68.7 Å². The molecule has 0 atom stereocenters. The van der Waals surface area contributed by atoms with Gasteiger partial charge in [-0.3, -0.25) is 0 Å². The monoisotopic (exact) mass is 303 g/mol. The van der Waals surface area contributed by atoms with Crippen molar-refractivity contribution in [1.82, 2.24) is 4.98 Å². The van der Waals surface area contributed by atoms with Gasteiger partial charge in [0, 0.05) is 23.1 Å². The van der Waals surface area contributed by atoms with Crippen molar-refractivity contribution in [2.75, 3.05) is 6.79 Å². The van der Waals surface area contributed by atoms with E-state index >= 15 is 0 Å². The van der Waals surface area contributed by atoms with Gasteiger partial charge in [-0.1, -0.05) is 6.07 Å². The predicted octanol–water partition coefficient (Wildman–Crippen LogP) is 2.94. The number of ether oxygens (including phenoxy) is 2. The van der Waals surface area contributed by atoms with Crippen LogP contribution < -0.4 is 4.74 Å². The molecule has 108 valence electrons. The number of thioether (sulfide) groups is 1. The Morgan fingerprint density at radius 2 is 2.29 bits per heavy atom. The fourth-order valence-corrected chi connectivity index (χ4v) is 2.94. The van der Waals surface area contributed by atoms with Crippen molar-refractivity contribution in [3.05, 3.63) is 53.2 Å². The molecule has 1 aromatic carbocycles. The number of carboxylic acid groups (broad SMARTS) is 1. The molecule has 1 aromatic heterocycles. The third-order valence-corrected chi connectivity index (χ3v) is 4.04. The first-order valence-electron chi connectivity index (χ1n) is 6.37. The standard InChI is InChI=1S/C15H13NO4S/c17-15(18)10-5-11-7-19-9-20-14(11)12(6-10)8-21-13-3-1-2-4-16-13/h1-6H,7-9H2,(H,17,18). The molecule has 0 spiro atoms. The van der Waals surface area contributed by atoms with Crippen molar-refractivity contribution < 1.29 is 19.4 Å². The molecule has 3 rings (SSSR count). The van der Waals surface area contributed by atoms with Gasteiger partial charge >= 0.3 is 5.97 Å². The Morgan fingerprint density at radius 3 is 3.05 bits per heavy atom. The SMILES string of the molecule is O=C(O)c1cc2c(c(CSc3ccccn3)c1)OCOC2. The quantitative estimate of drug-likeness (QED) is 0.876. The molecule has 1 aliphatic rings. The molecule has 1 aliphatic heterocycles. The van der Waals surface area contributed by atoms with Crippen LogP contribution in [0.2, 0.25) is 0 Å². The number of pyridine rings is 1. The van der Waals surface area contributed by atoms with Gasteiger partial charge in [-0.25, -0.2) is 9.78 Å². The Kier molecular flexibility index (Phi) is 4.08. The molecule has 0 fully saturated rings. The van der Waals surface area contributed by atoms with E-state index in [9.17, 15) is 9.90 Å². The number of hydrogen-bond donors (Lipinski definition) is 1. The van der Waals surface area contributed by atoms with E-state index in [-0.39, 0.29) is 12.4 Å². The fourth-order valence-electron chi connectivity index (χ4n) is 2.11. The molecule has 2 aromatic rings. The Balaban J connectivity index is 1.89. The number of fused-ring (bicyclic) bond motifs is 1. The Morgan fingerprint density at radius 1 is 1.38 bits per heavy atom. The lowest BCUT2D eigenvalue weighted by Gasteiger charge is -2.21. The average Bonchev–Trinajstić information content (AvgIpc) is 2.53. The molecule has 0 saturated heterocycles. The summed E-state index contributed by atoms with van der Waals surface area (Å²) in [6.45, 7) is 0.568. The highest BCUT2D eigenvalue weighted by Crippen LogP contribution is 2.33. The number of aromatic nitrogens is 1. The lowest BCUT2D eigenvalue weighted by molar-refractivity contribution is -0.0169. The van der Waals surface area contributed by atoms with Crippen molar-refractivity contribution in [3.8, 4) is 5.75 Å². The van der Waals surface area contributed by atoms with Gasteiger partial charge in [0.25, 0.3) is 0 Å². The fraction of sp³-hybridized carbons (Fsp3) is 0.200. The Bertz CT molecular complexity index is 660. The van der Waals surface area contributed by atoms with Crippen LogP contribution in [0.5, 0.6) is 5.75 Å². The number of carboxylic acids is 1. The van der Waals surface area contributed by atoms with E-state index in [4.69, 9.17) is 9.47 Å². The van der Waals surface area contributed by atoms with Gasteiger partial charge in [0.1, 0.15) is 5.75 Å². The Hall–Kier alpha value is -2.05. The number of carbonyl (C=O) groups is 1. The summed E-state index contributed by atoms with van der Waals surface area (Å²) in [5.41, 5.74) is 1.88. The molecule has 0 saturated carbocycles. The molecular formula is C15H13NO4S. The first kappa shape index (κ1) is 13.9. The highest BCUT2D eigenvalue weighted by Gasteiger charge is 2.19. The molecule has 5 nitrogen and oxygen atoms in total. The number of rotatable bonds is 4. The molecule has 0 bridgehead atoms. The highest BCUT2D eigenvalue weighted by molar-refractivity contribution is 7.98. The largest absolute Gasteiger partial charge is 0.478 e. The zero-order valence-corrected chi connectivity index (χ0v) is 11.9. The van der Waals surface area contributed by atoms with E-state index in [2.05, 4.69) is 4.98 Å². The third kappa shape index (κ3) is 3.17. The molecule has 0 unspecified atom stereocenters. The van der Waals surface area contributed by atoms with Crippen molar-refractivity contribution in [2.24, 2.45) is 0 Å². The normalized spacial score (nSPS) is 13.3. The maximum absolute atomic E-state index is 11.2. The summed E-state index contributed by atoms with van der Waals surface area (Å²) in [4.78, 5) is 15.5. The smallest absolute Gasteiger partial charge is 0.335 e. The van der Waals surface area contributed by atoms with Crippen molar-refractivity contribution >= 4 is 17.7 Å². The van der Waals surface area contributed by atoms with Crippen LogP contribution in [0, 0.1) is 0 Å². The maximum Gasteiger partial charge on any atom is 0.335 e. The minimum atomic E-state index is -0.951. The summed E-state index contributed by atoms with van der Waals surface area (Å²) in [5, 5.41) is 10.1. The van der Waals surface area contributed by atoms with Crippen LogP contribution in [-0.2, 0) is 17.1 Å². The van der Waals surface area contributed by atoms with Gasteiger partial charge in [-0.05, 0) is 24.3 Å². The van der Waals surface area contributed by atoms with Gasteiger partial charge in [0.2, 0.25) is 0 Å². The second kappa shape index (κ2) is 6.15. The van der Waals surface area contributed by atoms with Gasteiger partial charge in [-0.15, -0.1) is 11.8 Å². The van der Waals surface area contributed by atoms with E-state index in [1.54, 1.807) is 30.1 Å². The van der Waals surface area contributed by atoms with E-state index < -0.39 is 5.97 Å². The van der Waals surface area contributed by atoms with Gasteiger partial charge in [-0.2, -0.15) is 0 Å². The summed E-state index contributed by atoms with van der Waals surface area (Å²) < 4.78 is 10.7. The summed E-state index contributed by atoms with van der Waals surface area (Å²) in [7, 11) is 0. The lowest BCUT2D eigenvalue weighted by atomic mass is 10.0. The van der Waals surface area contributed by atoms with Gasteiger partial charge < -0.3 is 14.6 Å². The maximum atomic E-state index is 11.2. The molecule has 0 radical (unpaired) electrons. The highest BCUT2D eigenvalue weighted by atomic mass is 32.2. The van der Waals surface area contributed by atoms with E-state index in [1.807, 2.05) is 18.2 Å². The van der Waals surface area contributed by atoms with Crippen LogP contribution in [0.15, 0.2) is 41.6 Å². The second-order valence-electron chi connectivity index (χ2n) is 4.50. The first-order valence-corrected chi connectivity index (χ1v) is 7.36. The van der Waals surface area contributed by atoms with Crippen LogP contribution in [0.1, 0.15) is 21.5 Å². The molecule has 1 N–H and O–H groups in total. The molecule has 6 heteroatoms. The second-order valence-corrected chi connectivity index (χ2v) is 5.49. The Labute approximate surface area is 125 Å². The summed E-state index contributed by atoms with van der Waals surface area (Å²) in [6.07, 6.45) is 1.73. The van der Waals surface area contributed by atoms with Crippen LogP contribution in [0.4, 0.5) is 0 Å². The average molecular weight is 303 g/mol. The number of benzene rings is 1. The lowest BCUT2D eigenvalue weighted by Crippen LogP contribution is -2.14. The molecule has 0 aliphatic carbocycles. The van der Waals surface area contributed by atoms with Crippen molar-refractivity contribution in [3.63, 3.8) is 0 Å². The number of aromatic carboxylic acids is 1. The van der Waals surface area contributed by atoms with Crippen LogP contribution in [-0.4, -0.2) is 22.9 Å². The summed E-state index contributed by atoms with van der Waals surface area (Å²) in [5.74, 6) is 0.377. The summed E-state index contributed by atoms with van der Waals surface area (Å²) in [6, 6.07) is 8.95. The number of hydrogen-bond acceptors (Lipinski definition) is 5. The zero-order valence-electron chi connectivity index (χ0n) is 11.1. The van der Waals surface area contributed by atoms with Crippen LogP contribution in [0.3, 0.4) is 0 Å². The van der Waals surface area contributed by atoms with E-state index in [0.717, 1.165) is 21.9 Å². The van der Waals surface area contributed by atoms with Crippen LogP contribution >= 0.6 is 11.8 Å². The zero-order chi connectivity index (χ0) is 14.7. The predicted molar refractivity (Wildman–Crippen MR) is 77.5 cm³/mol. The minimum absolute atomic E-state index is 0.195. The van der Waals surface area contributed by atoms with E-state index in [1.165, 1.54) is 0 Å².